The lowest BCUT2D eigenvalue weighted by Gasteiger charge is -2.54. The zero-order chi connectivity index (χ0) is 33.3. The van der Waals surface area contributed by atoms with Gasteiger partial charge in [-0.1, -0.05) is 60.7 Å². The molecule has 3 saturated heterocycles. The number of carbonyl (C=O) groups excluding carboxylic acids is 1. The van der Waals surface area contributed by atoms with Gasteiger partial charge in [0, 0.05) is 31.5 Å². The van der Waals surface area contributed by atoms with Crippen LogP contribution in [0, 0.1) is 11.7 Å². The first-order valence-corrected chi connectivity index (χ1v) is 16.5. The molecular weight excluding hydrogens is 613 g/mol. The van der Waals surface area contributed by atoms with Gasteiger partial charge in [-0.05, 0) is 61.2 Å². The molecule has 7 rings (SSSR count). The minimum atomic E-state index is -1.22. The van der Waals surface area contributed by atoms with E-state index in [9.17, 15) is 19.1 Å². The molecular formula is C37H40FN5O5. The van der Waals surface area contributed by atoms with Crippen molar-refractivity contribution in [3.63, 3.8) is 0 Å². The van der Waals surface area contributed by atoms with E-state index < -0.39 is 17.0 Å². The summed E-state index contributed by atoms with van der Waals surface area (Å²) in [6.07, 6.45) is 2.63. The summed E-state index contributed by atoms with van der Waals surface area (Å²) in [4.78, 5) is 35.9. The van der Waals surface area contributed by atoms with E-state index in [2.05, 4.69) is 46.3 Å². The summed E-state index contributed by atoms with van der Waals surface area (Å²) in [7, 11) is 0. The number of nitrogens with two attached hydrogens (primary N) is 1. The molecule has 10 nitrogen and oxygen atoms in total. The van der Waals surface area contributed by atoms with Crippen LogP contribution in [0.5, 0.6) is 11.6 Å². The summed E-state index contributed by atoms with van der Waals surface area (Å²) in [6, 6.07) is 26.1. The van der Waals surface area contributed by atoms with Gasteiger partial charge < -0.3 is 25.2 Å². The first-order valence-electron chi connectivity index (χ1n) is 16.5. The van der Waals surface area contributed by atoms with Gasteiger partial charge in [-0.3, -0.25) is 19.1 Å². The minimum absolute atomic E-state index is 0.0118. The summed E-state index contributed by atoms with van der Waals surface area (Å²) in [5, 5.41) is 11.5. The van der Waals surface area contributed by atoms with E-state index in [-0.39, 0.29) is 47.1 Å². The molecule has 0 unspecified atom stereocenters. The Kier molecular flexibility index (Phi) is 8.76. The highest BCUT2D eigenvalue weighted by molar-refractivity contribution is 5.80. The second-order valence-electron chi connectivity index (χ2n) is 13.3. The highest BCUT2D eigenvalue weighted by Gasteiger charge is 2.50. The number of ether oxygens (including phenoxy) is 2. The summed E-state index contributed by atoms with van der Waals surface area (Å²) in [5.74, 6) is -0.293. The number of hydrogen-bond acceptors (Lipinski definition) is 8. The average molecular weight is 654 g/mol. The molecule has 2 atom stereocenters. The molecule has 1 amide bonds. The molecule has 3 fully saturated rings. The zero-order valence-electron chi connectivity index (χ0n) is 26.7. The molecule has 3 N–H and O–H groups in total. The Balaban J connectivity index is 1.03. The van der Waals surface area contributed by atoms with E-state index in [1.54, 1.807) is 0 Å². The number of aromatic nitrogens is 2. The standard InChI is InChI=1S/C37H40FN5O5/c38-28-11-13-29(14-12-28)48-33-32(39)35(45)42(25-40-33)22-36(46)16-19-41(20-17-36)34(44)30-15-18-43(21-31(30)26-7-3-1-4-8-26)37(23-47-24-37)27-9-5-2-6-10-27/h1-14,25,30-31,46H,15-24,39H2/t30-,31+/m1/s1. The van der Waals surface area contributed by atoms with Crippen LogP contribution in [0.1, 0.15) is 36.3 Å². The third-order valence-corrected chi connectivity index (χ3v) is 10.3. The van der Waals surface area contributed by atoms with Gasteiger partial charge in [-0.15, -0.1) is 0 Å². The number of anilines is 1. The quantitative estimate of drug-likeness (QED) is 0.291. The maximum Gasteiger partial charge on any atom is 0.280 e. The number of carbonyl (C=O) groups is 1. The molecule has 250 valence electrons. The Morgan fingerprint density at radius 1 is 0.979 bits per heavy atom. The van der Waals surface area contributed by atoms with Crippen LogP contribution in [-0.2, 0) is 21.6 Å². The fourth-order valence-electron chi connectivity index (χ4n) is 7.40. The number of hydrogen-bond donors (Lipinski definition) is 2. The third kappa shape index (κ3) is 6.21. The summed E-state index contributed by atoms with van der Waals surface area (Å²) in [6.45, 7) is 3.54. The number of halogens is 1. The molecule has 3 aromatic carbocycles. The van der Waals surface area contributed by atoms with Crippen LogP contribution in [0.15, 0.2) is 96.1 Å². The van der Waals surface area contributed by atoms with Crippen molar-refractivity contribution in [3.8, 4) is 11.6 Å². The molecule has 1 aromatic heterocycles. The molecule has 48 heavy (non-hydrogen) atoms. The number of piperidine rings is 2. The number of amides is 1. The van der Waals surface area contributed by atoms with Gasteiger partial charge in [0.15, 0.2) is 5.69 Å². The number of likely N-dealkylation sites (tertiary alicyclic amines) is 2. The van der Waals surface area contributed by atoms with Crippen molar-refractivity contribution in [2.24, 2.45) is 5.92 Å². The summed E-state index contributed by atoms with van der Waals surface area (Å²) >= 11 is 0. The maximum absolute atomic E-state index is 14.2. The van der Waals surface area contributed by atoms with Crippen LogP contribution in [0.3, 0.4) is 0 Å². The lowest BCUT2D eigenvalue weighted by Crippen LogP contribution is -2.63. The molecule has 11 heteroatoms. The fraction of sp³-hybridized carbons (Fsp3) is 0.378. The van der Waals surface area contributed by atoms with Gasteiger partial charge in [0.2, 0.25) is 11.8 Å². The Morgan fingerprint density at radius 3 is 2.29 bits per heavy atom. The van der Waals surface area contributed by atoms with E-state index in [4.69, 9.17) is 15.2 Å². The molecule has 4 aromatic rings. The van der Waals surface area contributed by atoms with Gasteiger partial charge >= 0.3 is 0 Å². The van der Waals surface area contributed by atoms with Crippen molar-refractivity contribution in [1.82, 2.24) is 19.4 Å². The van der Waals surface area contributed by atoms with Crippen molar-refractivity contribution in [1.29, 1.82) is 0 Å². The van der Waals surface area contributed by atoms with E-state index in [1.807, 2.05) is 29.2 Å². The SMILES string of the molecule is Nc1c(Oc2ccc(F)cc2)ncn(CC2(O)CCN(C(=O)[C@@H]3CCN(C4(c5ccccc5)COC4)C[C@H]3c3ccccc3)CC2)c1=O. The topological polar surface area (TPSA) is 123 Å². The lowest BCUT2D eigenvalue weighted by molar-refractivity contribution is -0.163. The van der Waals surface area contributed by atoms with Gasteiger partial charge in [-0.25, -0.2) is 9.37 Å². The van der Waals surface area contributed by atoms with Gasteiger partial charge in [-0.2, -0.15) is 0 Å². The molecule has 0 bridgehead atoms. The van der Waals surface area contributed by atoms with Crippen molar-refractivity contribution in [2.75, 3.05) is 45.1 Å². The molecule has 0 spiro atoms. The van der Waals surface area contributed by atoms with Crippen LogP contribution < -0.4 is 16.0 Å². The molecule has 0 radical (unpaired) electrons. The first kappa shape index (κ1) is 32.0. The highest BCUT2D eigenvalue weighted by Crippen LogP contribution is 2.43. The molecule has 3 aliphatic heterocycles. The fourth-order valence-corrected chi connectivity index (χ4v) is 7.40. The number of benzene rings is 3. The van der Waals surface area contributed by atoms with E-state index in [0.29, 0.717) is 39.1 Å². The predicted molar refractivity (Wildman–Crippen MR) is 178 cm³/mol. The molecule has 4 heterocycles. The summed E-state index contributed by atoms with van der Waals surface area (Å²) < 4.78 is 25.9. The Labute approximate surface area is 278 Å². The number of aliphatic hydroxyl groups is 1. The van der Waals surface area contributed by atoms with Crippen LogP contribution in [0.25, 0.3) is 0 Å². The largest absolute Gasteiger partial charge is 0.437 e. The Hall–Kier alpha value is -4.58. The smallest absolute Gasteiger partial charge is 0.280 e. The number of rotatable bonds is 8. The van der Waals surface area contributed by atoms with Gasteiger partial charge in [0.05, 0.1) is 30.9 Å². The van der Waals surface area contributed by atoms with E-state index >= 15 is 0 Å². The Bertz CT molecular complexity index is 1790. The predicted octanol–water partition coefficient (Wildman–Crippen LogP) is 4.14. The van der Waals surface area contributed by atoms with Crippen molar-refractivity contribution >= 4 is 11.6 Å². The monoisotopic (exact) mass is 653 g/mol. The number of nitrogen functional groups attached to an aromatic ring is 1. The highest BCUT2D eigenvalue weighted by atomic mass is 19.1. The van der Waals surface area contributed by atoms with E-state index in [0.717, 1.165) is 25.1 Å². The first-order chi connectivity index (χ1) is 23.2. The van der Waals surface area contributed by atoms with Crippen LogP contribution in [0.4, 0.5) is 10.1 Å². The van der Waals surface area contributed by atoms with Gasteiger partial charge in [0.25, 0.3) is 5.56 Å². The van der Waals surface area contributed by atoms with E-state index in [1.165, 1.54) is 40.7 Å². The lowest BCUT2D eigenvalue weighted by atomic mass is 9.76. The third-order valence-electron chi connectivity index (χ3n) is 10.3. The maximum atomic E-state index is 14.2. The second kappa shape index (κ2) is 13.1. The van der Waals surface area contributed by atoms with Crippen LogP contribution in [-0.4, -0.2) is 75.4 Å². The minimum Gasteiger partial charge on any atom is -0.437 e. The molecule has 3 aliphatic rings. The van der Waals surface area contributed by atoms with Crippen molar-refractivity contribution < 1.29 is 23.8 Å². The van der Waals surface area contributed by atoms with Gasteiger partial charge in [0.1, 0.15) is 17.9 Å². The molecule has 0 saturated carbocycles. The average Bonchev–Trinajstić information content (AvgIpc) is 3.09. The van der Waals surface area contributed by atoms with Crippen molar-refractivity contribution in [2.45, 2.75) is 42.9 Å². The van der Waals surface area contributed by atoms with Crippen molar-refractivity contribution in [3.05, 3.63) is 119 Å². The normalized spacial score (nSPS) is 22.1. The second-order valence-corrected chi connectivity index (χ2v) is 13.3. The molecule has 0 aliphatic carbocycles. The zero-order valence-corrected chi connectivity index (χ0v) is 26.7. The van der Waals surface area contributed by atoms with Crippen LogP contribution in [0.2, 0.25) is 0 Å². The van der Waals surface area contributed by atoms with Crippen LogP contribution >= 0.6 is 0 Å². The number of nitrogens with zero attached hydrogens (tertiary/aromatic N) is 4. The summed E-state index contributed by atoms with van der Waals surface area (Å²) in [5.41, 5.74) is 6.29. The Morgan fingerprint density at radius 2 is 1.65 bits per heavy atom.